The monoisotopic (exact) mass is 383 g/mol. The maximum atomic E-state index is 12.5. The van der Waals surface area contributed by atoms with Gasteiger partial charge in [-0.05, 0) is 45.1 Å². The van der Waals surface area contributed by atoms with Crippen molar-refractivity contribution in [3.05, 3.63) is 18.0 Å². The first-order valence-electron chi connectivity index (χ1n) is 9.05. The lowest BCUT2D eigenvalue weighted by Crippen LogP contribution is -2.44. The molecule has 9 heteroatoms. The van der Waals surface area contributed by atoms with Crippen LogP contribution in [0.1, 0.15) is 49.5 Å². The zero-order chi connectivity index (χ0) is 18.7. The number of carbonyl (C=O) groups excluding carboxylic acids is 2. The van der Waals surface area contributed by atoms with E-state index in [1.807, 2.05) is 6.92 Å². The van der Waals surface area contributed by atoms with Gasteiger partial charge in [-0.1, -0.05) is 0 Å². The smallest absolute Gasteiger partial charge is 0.355 e. The number of ether oxygens (including phenoxy) is 1. The molecular formula is C17H25N3O5S. The van der Waals surface area contributed by atoms with Crippen molar-refractivity contribution in [3.63, 3.8) is 0 Å². The Balaban J connectivity index is 1.59. The molecule has 1 amide bonds. The quantitative estimate of drug-likeness (QED) is 0.774. The van der Waals surface area contributed by atoms with Gasteiger partial charge in [-0.2, -0.15) is 4.31 Å². The number of hydrogen-bond donors (Lipinski definition) is 1. The van der Waals surface area contributed by atoms with E-state index >= 15 is 0 Å². The van der Waals surface area contributed by atoms with E-state index in [4.69, 9.17) is 4.74 Å². The van der Waals surface area contributed by atoms with Gasteiger partial charge in [0.2, 0.25) is 10.0 Å². The van der Waals surface area contributed by atoms with Crippen molar-refractivity contribution < 1.29 is 22.7 Å². The molecule has 2 fully saturated rings. The third-order valence-electron chi connectivity index (χ3n) is 5.03. The van der Waals surface area contributed by atoms with Gasteiger partial charge in [-0.25, -0.2) is 13.2 Å². The summed E-state index contributed by atoms with van der Waals surface area (Å²) in [6.07, 6.45) is 5.98. The van der Waals surface area contributed by atoms with Crippen molar-refractivity contribution in [2.45, 2.75) is 50.0 Å². The third-order valence-corrected chi connectivity index (χ3v) is 6.91. The third kappa shape index (κ3) is 3.93. The second kappa shape index (κ2) is 7.79. The molecule has 2 aliphatic rings. The van der Waals surface area contributed by atoms with Crippen molar-refractivity contribution in [3.8, 4) is 0 Å². The van der Waals surface area contributed by atoms with Gasteiger partial charge < -0.3 is 14.6 Å². The molecule has 0 radical (unpaired) electrons. The number of nitrogens with zero attached hydrogens (tertiary/aromatic N) is 2. The molecule has 0 spiro atoms. The molecule has 0 aromatic carbocycles. The van der Waals surface area contributed by atoms with E-state index in [9.17, 15) is 18.0 Å². The largest absolute Gasteiger partial charge is 0.451 e. The van der Waals surface area contributed by atoms with Gasteiger partial charge >= 0.3 is 5.97 Å². The van der Waals surface area contributed by atoms with Crippen LogP contribution in [0.5, 0.6) is 0 Å². The zero-order valence-corrected chi connectivity index (χ0v) is 15.8. The number of esters is 1. The first-order valence-corrected chi connectivity index (χ1v) is 10.5. The molecule has 0 saturated carbocycles. The molecule has 3 heterocycles. The first-order chi connectivity index (χ1) is 12.4. The highest BCUT2D eigenvalue weighted by Crippen LogP contribution is 2.22. The summed E-state index contributed by atoms with van der Waals surface area (Å²) in [6, 6.07) is 1.42. The molecule has 0 aliphatic carbocycles. The number of amides is 1. The Kier molecular flexibility index (Phi) is 5.67. The van der Waals surface area contributed by atoms with Gasteiger partial charge in [-0.15, -0.1) is 0 Å². The van der Waals surface area contributed by atoms with E-state index in [-0.39, 0.29) is 29.1 Å². The van der Waals surface area contributed by atoms with Gasteiger partial charge in [0.15, 0.2) is 6.61 Å². The fourth-order valence-corrected chi connectivity index (χ4v) is 4.99. The number of nitrogens with one attached hydrogen (secondary N) is 1. The Morgan fingerprint density at radius 3 is 2.58 bits per heavy atom. The summed E-state index contributed by atoms with van der Waals surface area (Å²) in [7, 11) is -3.59. The summed E-state index contributed by atoms with van der Waals surface area (Å²) in [5.41, 5.74) is 0.0299. The Hall–Kier alpha value is -1.87. The van der Waals surface area contributed by atoms with Gasteiger partial charge in [0.25, 0.3) is 5.91 Å². The van der Waals surface area contributed by atoms with E-state index < -0.39 is 16.0 Å². The minimum Gasteiger partial charge on any atom is -0.451 e. The lowest BCUT2D eigenvalue weighted by molar-refractivity contribution is -0.137. The summed E-state index contributed by atoms with van der Waals surface area (Å²) in [4.78, 5) is 28.8. The van der Waals surface area contributed by atoms with Crippen LogP contribution in [0.15, 0.2) is 17.2 Å². The molecular weight excluding hydrogens is 358 g/mol. The van der Waals surface area contributed by atoms with Crippen molar-refractivity contribution in [2.24, 2.45) is 0 Å². The molecule has 0 bridgehead atoms. The highest BCUT2D eigenvalue weighted by Gasteiger charge is 2.29. The number of piperidine rings is 1. The van der Waals surface area contributed by atoms with Crippen LogP contribution < -0.4 is 0 Å². The van der Waals surface area contributed by atoms with Crippen molar-refractivity contribution in [1.82, 2.24) is 14.2 Å². The lowest BCUT2D eigenvalue weighted by atomic mass is 10.0. The average Bonchev–Trinajstić information content (AvgIpc) is 3.31. The predicted molar refractivity (Wildman–Crippen MR) is 94.1 cm³/mol. The molecule has 2 saturated heterocycles. The summed E-state index contributed by atoms with van der Waals surface area (Å²) in [5.74, 6) is -0.951. The number of aromatic amines is 1. The van der Waals surface area contributed by atoms with Crippen LogP contribution in [0.2, 0.25) is 0 Å². The fraction of sp³-hybridized carbons (Fsp3) is 0.647. The number of H-pyrrole nitrogens is 1. The van der Waals surface area contributed by atoms with E-state index in [2.05, 4.69) is 4.98 Å². The summed E-state index contributed by atoms with van der Waals surface area (Å²) in [5, 5.41) is 0. The van der Waals surface area contributed by atoms with Crippen molar-refractivity contribution >= 4 is 21.9 Å². The van der Waals surface area contributed by atoms with Gasteiger partial charge in [0.1, 0.15) is 10.6 Å². The van der Waals surface area contributed by atoms with Crippen LogP contribution in [0.25, 0.3) is 0 Å². The van der Waals surface area contributed by atoms with Gasteiger partial charge in [-0.3, -0.25) is 4.79 Å². The number of aromatic nitrogens is 1. The van der Waals surface area contributed by atoms with E-state index in [0.29, 0.717) is 19.6 Å². The number of likely N-dealkylation sites (tertiary alicyclic amines) is 1. The van der Waals surface area contributed by atoms with Gasteiger partial charge in [0, 0.05) is 31.9 Å². The van der Waals surface area contributed by atoms with Crippen LogP contribution in [-0.2, 0) is 19.6 Å². The molecule has 1 aromatic rings. The molecule has 8 nitrogen and oxygen atoms in total. The minimum atomic E-state index is -3.59. The molecule has 26 heavy (non-hydrogen) atoms. The zero-order valence-electron chi connectivity index (χ0n) is 14.9. The summed E-state index contributed by atoms with van der Waals surface area (Å²) >= 11 is 0. The highest BCUT2D eigenvalue weighted by atomic mass is 32.2. The average molecular weight is 383 g/mol. The van der Waals surface area contributed by atoms with E-state index in [1.54, 1.807) is 4.90 Å². The molecule has 1 N–H and O–H groups in total. The van der Waals surface area contributed by atoms with Crippen LogP contribution in [0.3, 0.4) is 0 Å². The maximum absolute atomic E-state index is 12.5. The molecule has 2 aliphatic heterocycles. The van der Waals surface area contributed by atoms with Crippen LogP contribution in [0.4, 0.5) is 0 Å². The molecule has 1 unspecified atom stereocenters. The topological polar surface area (TPSA) is 99.8 Å². The standard InChI is InChI=1S/C17H25N3O5S/c1-13-6-2-3-9-20(13)16(21)12-25-17(22)15-10-14(11-18-15)26(23,24)19-7-4-5-8-19/h10-11,13,18H,2-9,12H2,1H3. The Morgan fingerprint density at radius 1 is 1.19 bits per heavy atom. The van der Waals surface area contributed by atoms with Crippen molar-refractivity contribution in [1.29, 1.82) is 0 Å². The molecule has 3 rings (SSSR count). The number of rotatable bonds is 5. The second-order valence-electron chi connectivity index (χ2n) is 6.87. The van der Waals surface area contributed by atoms with E-state index in [1.165, 1.54) is 16.6 Å². The van der Waals surface area contributed by atoms with Crippen molar-refractivity contribution in [2.75, 3.05) is 26.2 Å². The molecule has 144 valence electrons. The van der Waals surface area contributed by atoms with Crippen LogP contribution in [-0.4, -0.2) is 66.8 Å². The Morgan fingerprint density at radius 2 is 1.88 bits per heavy atom. The molecule has 1 aromatic heterocycles. The SMILES string of the molecule is CC1CCCCN1C(=O)COC(=O)c1cc(S(=O)(=O)N2CCCC2)c[nH]1. The number of sulfonamides is 1. The highest BCUT2D eigenvalue weighted by molar-refractivity contribution is 7.89. The first kappa shape index (κ1) is 18.9. The second-order valence-corrected chi connectivity index (χ2v) is 8.81. The Labute approximate surface area is 153 Å². The number of carbonyl (C=O) groups is 2. The lowest BCUT2D eigenvalue weighted by Gasteiger charge is -2.33. The molecule has 1 atom stereocenters. The fourth-order valence-electron chi connectivity index (χ4n) is 3.48. The normalized spacial score (nSPS) is 21.7. The summed E-state index contributed by atoms with van der Waals surface area (Å²) < 4.78 is 31.4. The minimum absolute atomic E-state index is 0.0299. The van der Waals surface area contributed by atoms with Crippen LogP contribution in [0, 0.1) is 0 Å². The van der Waals surface area contributed by atoms with Gasteiger partial charge in [0.05, 0.1) is 0 Å². The summed E-state index contributed by atoms with van der Waals surface area (Å²) in [6.45, 7) is 3.32. The Bertz CT molecular complexity index is 767. The predicted octanol–water partition coefficient (Wildman–Crippen LogP) is 1.36. The van der Waals surface area contributed by atoms with Crippen LogP contribution >= 0.6 is 0 Å². The maximum Gasteiger partial charge on any atom is 0.355 e. The number of hydrogen-bond acceptors (Lipinski definition) is 5. The van der Waals surface area contributed by atoms with E-state index in [0.717, 1.165) is 32.1 Å².